The van der Waals surface area contributed by atoms with Gasteiger partial charge < -0.3 is 14.8 Å². The van der Waals surface area contributed by atoms with Gasteiger partial charge in [0.2, 0.25) is 0 Å². The minimum Gasteiger partial charge on any atom is -0.463 e. The second kappa shape index (κ2) is 8.61. The average Bonchev–Trinajstić information content (AvgIpc) is 2.41. The molecule has 0 spiro atoms. The quantitative estimate of drug-likeness (QED) is 0.789. The Hall–Kier alpha value is -1.78. The van der Waals surface area contributed by atoms with Gasteiger partial charge in [-0.2, -0.15) is 0 Å². The minimum absolute atomic E-state index is 0.0956. The first-order valence-corrected chi connectivity index (χ1v) is 7.76. The number of amides is 1. The molecule has 0 aromatic rings. The van der Waals surface area contributed by atoms with E-state index in [1.54, 1.807) is 20.8 Å². The minimum atomic E-state index is -0.564. The standard InChI is InChI=1S/C17H27NO4/c1-13(19)21-12-15(18-16(20)22-17(2,3)4)11-10-14-8-6-5-7-9-14/h8,10-11,15H,5-7,9,12H2,1-4H3,(H,18,20)/b11-10+/t15-/m0/s1. The lowest BCUT2D eigenvalue weighted by Gasteiger charge is -2.22. The summed E-state index contributed by atoms with van der Waals surface area (Å²) in [5.74, 6) is -0.374. The summed E-state index contributed by atoms with van der Waals surface area (Å²) in [6, 6.07) is -0.401. The molecule has 0 saturated heterocycles. The van der Waals surface area contributed by atoms with Gasteiger partial charge in [-0.25, -0.2) is 4.79 Å². The number of nitrogens with one attached hydrogen (secondary N) is 1. The molecule has 1 atom stereocenters. The van der Waals surface area contributed by atoms with Gasteiger partial charge in [-0.3, -0.25) is 4.79 Å². The molecule has 5 nitrogen and oxygen atoms in total. The van der Waals surface area contributed by atoms with Gasteiger partial charge in [0.25, 0.3) is 0 Å². The smallest absolute Gasteiger partial charge is 0.408 e. The first kappa shape index (κ1) is 18.3. The van der Waals surface area contributed by atoms with Gasteiger partial charge in [0.05, 0.1) is 6.04 Å². The fraction of sp³-hybridized carbons (Fsp3) is 0.647. The monoisotopic (exact) mass is 309 g/mol. The van der Waals surface area contributed by atoms with Gasteiger partial charge in [0.15, 0.2) is 0 Å². The number of alkyl carbamates (subject to hydrolysis) is 1. The van der Waals surface area contributed by atoms with Crippen molar-refractivity contribution in [3.63, 3.8) is 0 Å². The molecule has 0 aromatic carbocycles. The highest BCUT2D eigenvalue weighted by molar-refractivity contribution is 5.69. The van der Waals surface area contributed by atoms with Gasteiger partial charge in [-0.05, 0) is 46.5 Å². The van der Waals surface area contributed by atoms with Gasteiger partial charge >= 0.3 is 12.1 Å². The summed E-state index contributed by atoms with van der Waals surface area (Å²) in [5.41, 5.74) is 0.691. The van der Waals surface area contributed by atoms with Crippen LogP contribution in [0.1, 0.15) is 53.4 Å². The van der Waals surface area contributed by atoms with Crippen LogP contribution in [0.3, 0.4) is 0 Å². The molecule has 1 aliphatic carbocycles. The zero-order valence-corrected chi connectivity index (χ0v) is 14.0. The summed E-state index contributed by atoms with van der Waals surface area (Å²) in [6.07, 6.45) is 10.1. The molecule has 0 bridgehead atoms. The Morgan fingerprint density at radius 1 is 1.36 bits per heavy atom. The highest BCUT2D eigenvalue weighted by Crippen LogP contribution is 2.18. The highest BCUT2D eigenvalue weighted by atomic mass is 16.6. The van der Waals surface area contributed by atoms with E-state index in [1.165, 1.54) is 25.3 Å². The van der Waals surface area contributed by atoms with Crippen LogP contribution in [0.25, 0.3) is 0 Å². The van der Waals surface area contributed by atoms with Crippen molar-refractivity contribution in [2.24, 2.45) is 0 Å². The van der Waals surface area contributed by atoms with Gasteiger partial charge in [0.1, 0.15) is 12.2 Å². The van der Waals surface area contributed by atoms with Crippen LogP contribution in [0.2, 0.25) is 0 Å². The average molecular weight is 309 g/mol. The zero-order chi connectivity index (χ0) is 16.6. The first-order valence-electron chi connectivity index (χ1n) is 7.76. The van der Waals surface area contributed by atoms with Crippen LogP contribution in [0.5, 0.6) is 0 Å². The number of hydrogen-bond acceptors (Lipinski definition) is 4. The number of esters is 1. The molecule has 0 aliphatic heterocycles. The summed E-state index contributed by atoms with van der Waals surface area (Å²) in [4.78, 5) is 22.8. The number of carbonyl (C=O) groups excluding carboxylic acids is 2. The van der Waals surface area contributed by atoms with E-state index in [-0.39, 0.29) is 12.6 Å². The molecular weight excluding hydrogens is 282 g/mol. The number of carbonyl (C=O) groups is 2. The van der Waals surface area contributed by atoms with Crippen molar-refractivity contribution in [2.45, 2.75) is 65.0 Å². The van der Waals surface area contributed by atoms with Crippen LogP contribution in [0.4, 0.5) is 4.79 Å². The molecule has 0 heterocycles. The molecule has 124 valence electrons. The predicted octanol–water partition coefficient (Wildman–Crippen LogP) is 3.50. The summed E-state index contributed by atoms with van der Waals surface area (Å²) < 4.78 is 10.2. The van der Waals surface area contributed by atoms with Crippen molar-refractivity contribution in [3.8, 4) is 0 Å². The lowest BCUT2D eigenvalue weighted by Crippen LogP contribution is -2.40. The Morgan fingerprint density at radius 3 is 2.64 bits per heavy atom. The fourth-order valence-corrected chi connectivity index (χ4v) is 2.07. The molecular formula is C17H27NO4. The largest absolute Gasteiger partial charge is 0.463 e. The molecule has 22 heavy (non-hydrogen) atoms. The van der Waals surface area contributed by atoms with E-state index >= 15 is 0 Å². The summed E-state index contributed by atoms with van der Waals surface area (Å²) in [7, 11) is 0. The molecule has 0 aromatic heterocycles. The third-order valence-corrected chi connectivity index (χ3v) is 3.04. The van der Waals surface area contributed by atoms with Gasteiger partial charge in [-0.15, -0.1) is 0 Å². The number of rotatable bonds is 5. The lowest BCUT2D eigenvalue weighted by atomic mass is 9.99. The maximum atomic E-state index is 11.8. The van der Waals surface area contributed by atoms with Crippen LogP contribution in [-0.2, 0) is 14.3 Å². The van der Waals surface area contributed by atoms with E-state index in [9.17, 15) is 9.59 Å². The Balaban J connectivity index is 2.62. The second-order valence-electron chi connectivity index (χ2n) is 6.44. The van der Waals surface area contributed by atoms with E-state index in [2.05, 4.69) is 11.4 Å². The van der Waals surface area contributed by atoms with Crippen molar-refractivity contribution >= 4 is 12.1 Å². The summed E-state index contributed by atoms with van der Waals surface area (Å²) in [5, 5.41) is 2.72. The molecule has 1 amide bonds. The maximum Gasteiger partial charge on any atom is 0.408 e. The summed E-state index contributed by atoms with van der Waals surface area (Å²) in [6.45, 7) is 6.85. The molecule has 1 N–H and O–H groups in total. The van der Waals surface area contributed by atoms with E-state index in [4.69, 9.17) is 9.47 Å². The molecule has 5 heteroatoms. The van der Waals surface area contributed by atoms with Crippen molar-refractivity contribution in [1.29, 1.82) is 0 Å². The Labute approximate surface area is 132 Å². The maximum absolute atomic E-state index is 11.8. The molecule has 1 aliphatic rings. The van der Waals surface area contributed by atoms with Crippen molar-refractivity contribution < 1.29 is 19.1 Å². The Kier molecular flexibility index (Phi) is 7.15. The van der Waals surface area contributed by atoms with E-state index < -0.39 is 17.7 Å². The van der Waals surface area contributed by atoms with E-state index in [1.807, 2.05) is 12.2 Å². The highest BCUT2D eigenvalue weighted by Gasteiger charge is 2.19. The van der Waals surface area contributed by atoms with Crippen LogP contribution >= 0.6 is 0 Å². The molecule has 0 fully saturated rings. The molecule has 0 unspecified atom stereocenters. The molecule has 0 radical (unpaired) electrons. The van der Waals surface area contributed by atoms with E-state index in [0.717, 1.165) is 12.8 Å². The van der Waals surface area contributed by atoms with Crippen LogP contribution in [0, 0.1) is 0 Å². The topological polar surface area (TPSA) is 64.6 Å². The first-order chi connectivity index (χ1) is 10.3. The van der Waals surface area contributed by atoms with Crippen molar-refractivity contribution in [2.75, 3.05) is 6.61 Å². The fourth-order valence-electron chi connectivity index (χ4n) is 2.07. The van der Waals surface area contributed by atoms with Crippen molar-refractivity contribution in [1.82, 2.24) is 5.32 Å². The predicted molar refractivity (Wildman–Crippen MR) is 85.5 cm³/mol. The lowest BCUT2D eigenvalue weighted by molar-refractivity contribution is -0.141. The molecule has 1 rings (SSSR count). The second-order valence-corrected chi connectivity index (χ2v) is 6.44. The number of ether oxygens (including phenoxy) is 2. The third-order valence-electron chi connectivity index (χ3n) is 3.04. The van der Waals surface area contributed by atoms with Gasteiger partial charge in [0, 0.05) is 6.92 Å². The van der Waals surface area contributed by atoms with E-state index in [0.29, 0.717) is 0 Å². The summed E-state index contributed by atoms with van der Waals surface area (Å²) >= 11 is 0. The van der Waals surface area contributed by atoms with Crippen molar-refractivity contribution in [3.05, 3.63) is 23.8 Å². The van der Waals surface area contributed by atoms with Gasteiger partial charge in [-0.1, -0.05) is 23.8 Å². The van der Waals surface area contributed by atoms with Crippen LogP contribution in [-0.4, -0.2) is 30.3 Å². The number of hydrogen-bond donors (Lipinski definition) is 1. The van der Waals surface area contributed by atoms with Crippen LogP contribution < -0.4 is 5.32 Å². The van der Waals surface area contributed by atoms with Crippen LogP contribution in [0.15, 0.2) is 23.8 Å². The number of allylic oxidation sites excluding steroid dienone is 3. The Morgan fingerprint density at radius 2 is 2.09 bits per heavy atom. The SMILES string of the molecule is CC(=O)OC[C@H](/C=C/C1=CCCCC1)NC(=O)OC(C)(C)C. The molecule has 0 saturated carbocycles. The normalized spacial score (nSPS) is 16.8. The third kappa shape index (κ3) is 8.49. The Bertz CT molecular complexity index is 446. The zero-order valence-electron chi connectivity index (χ0n) is 14.0.